The van der Waals surface area contributed by atoms with E-state index in [2.05, 4.69) is 34.5 Å². The number of benzene rings is 3. The van der Waals surface area contributed by atoms with Crippen LogP contribution in [0.25, 0.3) is 0 Å². The van der Waals surface area contributed by atoms with E-state index in [9.17, 15) is 9.59 Å². The van der Waals surface area contributed by atoms with Crippen molar-refractivity contribution < 1.29 is 14.3 Å². The fourth-order valence-electron chi connectivity index (χ4n) is 5.13. The van der Waals surface area contributed by atoms with Crippen molar-refractivity contribution in [3.05, 3.63) is 96.1 Å². The molecule has 3 aromatic rings. The first-order chi connectivity index (χ1) is 17.7. The molecule has 1 fully saturated rings. The summed E-state index contributed by atoms with van der Waals surface area (Å²) in [7, 11) is 0. The number of anilines is 1. The lowest BCUT2D eigenvalue weighted by molar-refractivity contribution is -0.129. The second-order valence-electron chi connectivity index (χ2n) is 9.61. The van der Waals surface area contributed by atoms with Gasteiger partial charge in [-0.15, -0.1) is 0 Å². The van der Waals surface area contributed by atoms with E-state index in [1.165, 1.54) is 11.1 Å². The minimum absolute atomic E-state index is 0.0746. The Morgan fingerprint density at radius 2 is 1.56 bits per heavy atom. The third-order valence-electron chi connectivity index (χ3n) is 6.99. The molecule has 1 saturated heterocycles. The van der Waals surface area contributed by atoms with Crippen molar-refractivity contribution in [3.8, 4) is 5.75 Å². The summed E-state index contributed by atoms with van der Waals surface area (Å²) in [5.41, 5.74) is 3.17. The van der Waals surface area contributed by atoms with Crippen LogP contribution in [0.15, 0.2) is 84.9 Å². The molecule has 0 saturated carbocycles. The molecular weight excluding hydrogens is 450 g/mol. The maximum absolute atomic E-state index is 13.8. The van der Waals surface area contributed by atoms with Crippen molar-refractivity contribution in [1.29, 1.82) is 0 Å². The van der Waals surface area contributed by atoms with Gasteiger partial charge in [0.2, 0.25) is 5.91 Å². The van der Waals surface area contributed by atoms with E-state index in [1.807, 2.05) is 60.7 Å². The molecule has 6 heteroatoms. The molecule has 2 heterocycles. The largest absolute Gasteiger partial charge is 0.477 e. The number of nitrogens with one attached hydrogen (secondary N) is 1. The van der Waals surface area contributed by atoms with Crippen molar-refractivity contribution in [2.24, 2.45) is 5.92 Å². The molecule has 1 N–H and O–H groups in total. The maximum atomic E-state index is 13.8. The average Bonchev–Trinajstić information content (AvgIpc) is 2.93. The molecule has 186 valence electrons. The van der Waals surface area contributed by atoms with Crippen LogP contribution in [0.1, 0.15) is 24.0 Å². The number of fused-ring (bicyclic) bond motifs is 1. The molecule has 2 aliphatic rings. The van der Waals surface area contributed by atoms with Crippen molar-refractivity contribution in [2.75, 3.05) is 31.1 Å². The average molecular weight is 484 g/mol. The molecule has 0 radical (unpaired) electrons. The van der Waals surface area contributed by atoms with Crippen molar-refractivity contribution in [2.45, 2.75) is 31.9 Å². The van der Waals surface area contributed by atoms with Crippen LogP contribution in [0.5, 0.6) is 5.75 Å². The van der Waals surface area contributed by atoms with Crippen LogP contribution in [-0.4, -0.2) is 49.0 Å². The number of nitrogens with zero attached hydrogens (tertiary/aromatic N) is 2. The van der Waals surface area contributed by atoms with Gasteiger partial charge in [-0.3, -0.25) is 14.5 Å². The quantitative estimate of drug-likeness (QED) is 0.551. The number of piperidine rings is 1. The number of carbonyl (C=O) groups excluding carboxylic acids is 2. The van der Waals surface area contributed by atoms with E-state index < -0.39 is 6.10 Å². The Morgan fingerprint density at radius 1 is 0.861 bits per heavy atom. The lowest BCUT2D eigenvalue weighted by atomic mass is 9.95. The Bertz CT molecular complexity index is 1170. The van der Waals surface area contributed by atoms with Crippen LogP contribution in [0, 0.1) is 5.92 Å². The monoisotopic (exact) mass is 483 g/mol. The zero-order chi connectivity index (χ0) is 24.7. The number of hydrogen-bond donors (Lipinski definition) is 1. The highest BCUT2D eigenvalue weighted by Gasteiger charge is 2.37. The van der Waals surface area contributed by atoms with Crippen LogP contribution in [0.2, 0.25) is 0 Å². The Kier molecular flexibility index (Phi) is 7.62. The minimum Gasteiger partial charge on any atom is -0.477 e. The van der Waals surface area contributed by atoms with Gasteiger partial charge in [0, 0.05) is 19.6 Å². The predicted octanol–water partition coefficient (Wildman–Crippen LogP) is 4.05. The Hall–Kier alpha value is -3.64. The Labute approximate surface area is 212 Å². The number of carbonyl (C=O) groups is 2. The molecule has 6 nitrogen and oxygen atoms in total. The van der Waals surface area contributed by atoms with Gasteiger partial charge < -0.3 is 15.0 Å². The molecule has 2 amide bonds. The lowest BCUT2D eigenvalue weighted by Crippen LogP contribution is -2.53. The van der Waals surface area contributed by atoms with Crippen LogP contribution in [-0.2, 0) is 22.6 Å². The number of amides is 2. The number of likely N-dealkylation sites (tertiary alicyclic amines) is 1. The predicted molar refractivity (Wildman–Crippen MR) is 141 cm³/mol. The van der Waals surface area contributed by atoms with Gasteiger partial charge in [-0.05, 0) is 49.1 Å². The van der Waals surface area contributed by atoms with Gasteiger partial charge in [-0.1, -0.05) is 72.8 Å². The summed E-state index contributed by atoms with van der Waals surface area (Å²) in [6.07, 6.45) is 1.86. The number of hydrogen-bond acceptors (Lipinski definition) is 4. The van der Waals surface area contributed by atoms with Gasteiger partial charge in [0.05, 0.1) is 18.2 Å². The van der Waals surface area contributed by atoms with E-state index in [0.29, 0.717) is 12.3 Å². The summed E-state index contributed by atoms with van der Waals surface area (Å²) in [4.78, 5) is 30.9. The Morgan fingerprint density at radius 3 is 2.33 bits per heavy atom. The van der Waals surface area contributed by atoms with Crippen LogP contribution in [0.4, 0.5) is 5.69 Å². The molecule has 0 aliphatic carbocycles. The van der Waals surface area contributed by atoms with Crippen molar-refractivity contribution in [1.82, 2.24) is 10.2 Å². The second kappa shape index (κ2) is 11.4. The van der Waals surface area contributed by atoms with Crippen LogP contribution < -0.4 is 15.0 Å². The summed E-state index contributed by atoms with van der Waals surface area (Å²) >= 11 is 0. The fourth-order valence-corrected chi connectivity index (χ4v) is 5.13. The van der Waals surface area contributed by atoms with Gasteiger partial charge in [0.25, 0.3) is 5.91 Å². The Balaban J connectivity index is 1.25. The van der Waals surface area contributed by atoms with Crippen molar-refractivity contribution >= 4 is 17.5 Å². The molecular formula is C30H33N3O3. The van der Waals surface area contributed by atoms with Gasteiger partial charge in [0.1, 0.15) is 5.75 Å². The standard InChI is InChI=1S/C30H33N3O3/c34-29(31-18-17-23-10-3-1-4-11-23)28-22-33(26-15-7-8-16-27(26)36-28)30(35)25-14-9-19-32(21-25)20-24-12-5-2-6-13-24/h1-8,10-13,15-16,25,28H,9,14,17-22H2,(H,31,34). The third-order valence-corrected chi connectivity index (χ3v) is 6.99. The topological polar surface area (TPSA) is 61.9 Å². The number of rotatable bonds is 7. The van der Waals surface area contributed by atoms with Gasteiger partial charge in [-0.25, -0.2) is 0 Å². The SMILES string of the molecule is O=C(NCCc1ccccc1)C1CN(C(=O)C2CCCN(Cc3ccccc3)C2)c2ccccc2O1. The fraction of sp³-hybridized carbons (Fsp3) is 0.333. The first-order valence-electron chi connectivity index (χ1n) is 12.8. The summed E-state index contributed by atoms with van der Waals surface area (Å²) in [6.45, 7) is 3.31. The van der Waals surface area contributed by atoms with E-state index in [4.69, 9.17) is 4.74 Å². The highest BCUT2D eigenvalue weighted by Crippen LogP contribution is 2.35. The van der Waals surface area contributed by atoms with E-state index >= 15 is 0 Å². The smallest absolute Gasteiger partial charge is 0.262 e. The summed E-state index contributed by atoms with van der Waals surface area (Å²) in [5.74, 6) is 0.367. The molecule has 0 aromatic heterocycles. The zero-order valence-corrected chi connectivity index (χ0v) is 20.5. The van der Waals surface area contributed by atoms with Crippen molar-refractivity contribution in [3.63, 3.8) is 0 Å². The minimum atomic E-state index is -0.733. The highest BCUT2D eigenvalue weighted by molar-refractivity contribution is 5.98. The van der Waals surface area contributed by atoms with E-state index in [0.717, 1.165) is 44.6 Å². The molecule has 0 bridgehead atoms. The molecule has 2 atom stereocenters. The first-order valence-corrected chi connectivity index (χ1v) is 12.8. The third kappa shape index (κ3) is 5.77. The van der Waals surface area contributed by atoms with Gasteiger partial charge >= 0.3 is 0 Å². The molecule has 36 heavy (non-hydrogen) atoms. The van der Waals surface area contributed by atoms with E-state index in [1.54, 1.807) is 4.90 Å². The lowest BCUT2D eigenvalue weighted by Gasteiger charge is -2.38. The number of para-hydroxylation sites is 2. The molecule has 5 rings (SSSR count). The zero-order valence-electron chi connectivity index (χ0n) is 20.5. The first kappa shape index (κ1) is 24.1. The number of ether oxygens (including phenoxy) is 1. The van der Waals surface area contributed by atoms with Gasteiger partial charge in [-0.2, -0.15) is 0 Å². The van der Waals surface area contributed by atoms with Crippen LogP contribution >= 0.6 is 0 Å². The highest BCUT2D eigenvalue weighted by atomic mass is 16.5. The molecule has 3 aromatic carbocycles. The molecule has 0 spiro atoms. The normalized spacial score (nSPS) is 19.7. The maximum Gasteiger partial charge on any atom is 0.262 e. The van der Waals surface area contributed by atoms with Gasteiger partial charge in [0.15, 0.2) is 6.10 Å². The second-order valence-corrected chi connectivity index (χ2v) is 9.61. The summed E-state index contributed by atoms with van der Waals surface area (Å²) in [6, 6.07) is 28.0. The van der Waals surface area contributed by atoms with Crippen LogP contribution in [0.3, 0.4) is 0 Å². The van der Waals surface area contributed by atoms with E-state index in [-0.39, 0.29) is 24.3 Å². The summed E-state index contributed by atoms with van der Waals surface area (Å²) < 4.78 is 6.05. The summed E-state index contributed by atoms with van der Waals surface area (Å²) in [5, 5.41) is 2.99. The molecule has 2 unspecified atom stereocenters. The molecule has 2 aliphatic heterocycles.